The second kappa shape index (κ2) is 4.41. The minimum atomic E-state index is -0.978. The summed E-state index contributed by atoms with van der Waals surface area (Å²) in [6.07, 6.45) is 1.33. The van der Waals surface area contributed by atoms with Gasteiger partial charge in [-0.15, -0.1) is 0 Å². The molecule has 1 aromatic rings. The second-order valence-electron chi connectivity index (χ2n) is 3.16. The Labute approximate surface area is 90.5 Å². The summed E-state index contributed by atoms with van der Waals surface area (Å²) in [7, 11) is 0. The molecule has 0 aliphatic heterocycles. The maximum absolute atomic E-state index is 10.6. The number of anilines is 1. The quantitative estimate of drug-likeness (QED) is 0.874. The van der Waals surface area contributed by atoms with Gasteiger partial charge in [0, 0.05) is 12.2 Å². The van der Waals surface area contributed by atoms with E-state index in [1.165, 1.54) is 12.3 Å². The number of nitrogens with one attached hydrogen (secondary N) is 1. The Morgan fingerprint density at radius 2 is 2.29 bits per heavy atom. The van der Waals surface area contributed by atoms with E-state index < -0.39 is 5.97 Å². The van der Waals surface area contributed by atoms with E-state index in [0.717, 1.165) is 0 Å². The molecule has 1 aromatic heterocycles. The Hall–Kier alpha value is -1.10. The predicted octanol–water partition coefficient (Wildman–Crippen LogP) is 2.36. The number of rotatable bonds is 3. The van der Waals surface area contributed by atoms with Gasteiger partial charge < -0.3 is 10.4 Å². The molecule has 0 aliphatic carbocycles. The highest BCUT2D eigenvalue weighted by Gasteiger charge is 2.08. The summed E-state index contributed by atoms with van der Waals surface area (Å²) < 4.78 is 0.658. The summed E-state index contributed by atoms with van der Waals surface area (Å²) in [6, 6.07) is 1.79. The third-order valence-electron chi connectivity index (χ3n) is 1.51. The molecule has 5 heteroatoms. The topological polar surface area (TPSA) is 62.2 Å². The van der Waals surface area contributed by atoms with Gasteiger partial charge in [-0.05, 0) is 35.8 Å². The fraction of sp³-hybridized carbons (Fsp3) is 0.333. The highest BCUT2D eigenvalue weighted by molar-refractivity contribution is 9.10. The Bertz CT molecular complexity index is 353. The summed E-state index contributed by atoms with van der Waals surface area (Å²) in [6.45, 7) is 3.97. The number of hydrogen-bond donors (Lipinski definition) is 2. The lowest BCUT2D eigenvalue weighted by Crippen LogP contribution is -2.12. The van der Waals surface area contributed by atoms with Crippen molar-refractivity contribution in [1.82, 2.24) is 4.98 Å². The maximum Gasteiger partial charge on any atom is 0.337 e. The number of carbonyl (C=O) groups is 1. The predicted molar refractivity (Wildman–Crippen MR) is 57.7 cm³/mol. The van der Waals surface area contributed by atoms with Crippen LogP contribution in [0.3, 0.4) is 0 Å². The van der Waals surface area contributed by atoms with Crippen molar-refractivity contribution in [2.75, 3.05) is 5.32 Å². The lowest BCUT2D eigenvalue weighted by Gasteiger charge is -2.10. The van der Waals surface area contributed by atoms with Crippen LogP contribution in [0.25, 0.3) is 0 Å². The van der Waals surface area contributed by atoms with E-state index in [4.69, 9.17) is 5.11 Å². The molecule has 1 rings (SSSR count). The molecule has 0 unspecified atom stereocenters. The minimum absolute atomic E-state index is 0.172. The van der Waals surface area contributed by atoms with E-state index >= 15 is 0 Å². The van der Waals surface area contributed by atoms with E-state index in [9.17, 15) is 4.79 Å². The second-order valence-corrected chi connectivity index (χ2v) is 4.01. The van der Waals surface area contributed by atoms with Crippen molar-refractivity contribution < 1.29 is 9.90 Å². The fourth-order valence-electron chi connectivity index (χ4n) is 0.935. The molecule has 0 saturated heterocycles. The number of hydrogen-bond acceptors (Lipinski definition) is 3. The van der Waals surface area contributed by atoms with E-state index in [2.05, 4.69) is 26.2 Å². The molecular weight excluding hydrogens is 248 g/mol. The van der Waals surface area contributed by atoms with E-state index in [1.807, 2.05) is 13.8 Å². The molecule has 2 N–H and O–H groups in total. The normalized spacial score (nSPS) is 10.3. The minimum Gasteiger partial charge on any atom is -0.478 e. The van der Waals surface area contributed by atoms with Crippen molar-refractivity contribution in [3.8, 4) is 0 Å². The first-order valence-corrected chi connectivity index (χ1v) is 4.95. The van der Waals surface area contributed by atoms with Crippen LogP contribution >= 0.6 is 15.9 Å². The molecule has 0 spiro atoms. The van der Waals surface area contributed by atoms with Gasteiger partial charge in [-0.2, -0.15) is 0 Å². The first-order valence-electron chi connectivity index (χ1n) is 4.16. The number of carboxylic acids is 1. The zero-order valence-electron chi connectivity index (χ0n) is 7.91. The van der Waals surface area contributed by atoms with Crippen molar-refractivity contribution in [2.24, 2.45) is 0 Å². The summed E-state index contributed by atoms with van der Waals surface area (Å²) in [4.78, 5) is 14.6. The van der Waals surface area contributed by atoms with E-state index in [1.54, 1.807) is 0 Å². The number of aromatic nitrogens is 1. The molecule has 0 aliphatic rings. The van der Waals surface area contributed by atoms with Crippen molar-refractivity contribution in [2.45, 2.75) is 19.9 Å². The Morgan fingerprint density at radius 1 is 1.64 bits per heavy atom. The molecule has 0 aromatic carbocycles. The van der Waals surface area contributed by atoms with Crippen LogP contribution in [0.15, 0.2) is 16.7 Å². The van der Waals surface area contributed by atoms with Crippen LogP contribution in [0, 0.1) is 0 Å². The summed E-state index contributed by atoms with van der Waals surface area (Å²) in [5.74, 6) is -0.320. The lowest BCUT2D eigenvalue weighted by molar-refractivity contribution is 0.0696. The molecule has 0 fully saturated rings. The first kappa shape index (κ1) is 11.0. The standard InChI is InChI=1S/C9H11BrN2O2/c1-5(2)12-8-7(10)3-6(4-11-8)9(13)14/h3-5H,1-2H3,(H,11,12)(H,13,14). The molecule has 14 heavy (non-hydrogen) atoms. The number of nitrogens with zero attached hydrogens (tertiary/aromatic N) is 1. The molecular formula is C9H11BrN2O2. The van der Waals surface area contributed by atoms with Gasteiger partial charge in [0.2, 0.25) is 0 Å². The third-order valence-corrected chi connectivity index (χ3v) is 2.12. The zero-order chi connectivity index (χ0) is 10.7. The largest absolute Gasteiger partial charge is 0.478 e. The van der Waals surface area contributed by atoms with Crippen LogP contribution in [-0.4, -0.2) is 22.1 Å². The van der Waals surface area contributed by atoms with Crippen LogP contribution in [-0.2, 0) is 0 Å². The SMILES string of the molecule is CC(C)Nc1ncc(C(=O)O)cc1Br. The molecule has 0 radical (unpaired) electrons. The van der Waals surface area contributed by atoms with Gasteiger partial charge in [-0.1, -0.05) is 0 Å². The number of halogens is 1. The highest BCUT2D eigenvalue weighted by Crippen LogP contribution is 2.21. The van der Waals surface area contributed by atoms with Crippen molar-refractivity contribution in [1.29, 1.82) is 0 Å². The van der Waals surface area contributed by atoms with E-state index in [-0.39, 0.29) is 11.6 Å². The highest BCUT2D eigenvalue weighted by atomic mass is 79.9. The average Bonchev–Trinajstić information content (AvgIpc) is 2.07. The molecule has 0 atom stereocenters. The van der Waals surface area contributed by atoms with Gasteiger partial charge in [0.25, 0.3) is 0 Å². The van der Waals surface area contributed by atoms with Crippen LogP contribution in [0.2, 0.25) is 0 Å². The van der Waals surface area contributed by atoms with Crippen LogP contribution in [0.1, 0.15) is 24.2 Å². The third kappa shape index (κ3) is 2.70. The monoisotopic (exact) mass is 258 g/mol. The van der Waals surface area contributed by atoms with Gasteiger partial charge >= 0.3 is 5.97 Å². The summed E-state index contributed by atoms with van der Waals surface area (Å²) in [5, 5.41) is 11.8. The number of pyridine rings is 1. The summed E-state index contributed by atoms with van der Waals surface area (Å²) >= 11 is 3.26. The van der Waals surface area contributed by atoms with Crippen molar-refractivity contribution >= 4 is 27.7 Å². The van der Waals surface area contributed by atoms with Gasteiger partial charge in [0.15, 0.2) is 0 Å². The van der Waals surface area contributed by atoms with Crippen LogP contribution < -0.4 is 5.32 Å². The average molecular weight is 259 g/mol. The smallest absolute Gasteiger partial charge is 0.337 e. The Balaban J connectivity index is 2.95. The Morgan fingerprint density at radius 3 is 2.71 bits per heavy atom. The number of carboxylic acid groups (broad SMARTS) is 1. The maximum atomic E-state index is 10.6. The fourth-order valence-corrected chi connectivity index (χ4v) is 1.40. The lowest BCUT2D eigenvalue weighted by atomic mass is 10.3. The summed E-state index contributed by atoms with van der Waals surface area (Å²) in [5.41, 5.74) is 0.172. The first-order chi connectivity index (χ1) is 6.50. The van der Waals surface area contributed by atoms with Crippen molar-refractivity contribution in [3.05, 3.63) is 22.3 Å². The Kier molecular flexibility index (Phi) is 3.46. The van der Waals surface area contributed by atoms with Crippen LogP contribution in [0.5, 0.6) is 0 Å². The van der Waals surface area contributed by atoms with Crippen LogP contribution in [0.4, 0.5) is 5.82 Å². The van der Waals surface area contributed by atoms with E-state index in [0.29, 0.717) is 10.3 Å². The molecule has 1 heterocycles. The van der Waals surface area contributed by atoms with Gasteiger partial charge in [0.1, 0.15) is 5.82 Å². The number of aromatic carboxylic acids is 1. The van der Waals surface area contributed by atoms with Gasteiger partial charge in [0.05, 0.1) is 10.0 Å². The zero-order valence-corrected chi connectivity index (χ0v) is 9.50. The molecule has 0 bridgehead atoms. The van der Waals surface area contributed by atoms with Gasteiger partial charge in [-0.3, -0.25) is 0 Å². The molecule has 76 valence electrons. The molecule has 0 amide bonds. The van der Waals surface area contributed by atoms with Gasteiger partial charge in [-0.25, -0.2) is 9.78 Å². The molecule has 0 saturated carbocycles. The van der Waals surface area contributed by atoms with Crippen molar-refractivity contribution in [3.63, 3.8) is 0 Å². The molecule has 4 nitrogen and oxygen atoms in total.